The van der Waals surface area contributed by atoms with Crippen molar-refractivity contribution in [2.45, 2.75) is 17.7 Å². The largest absolute Gasteiger partial charge is 0.461 e. The van der Waals surface area contributed by atoms with E-state index in [1.165, 1.54) is 0 Å². The molecule has 1 unspecified atom stereocenters. The van der Waals surface area contributed by atoms with Gasteiger partial charge in [-0.15, -0.1) is 23.2 Å². The van der Waals surface area contributed by atoms with Gasteiger partial charge in [0.1, 0.15) is 9.90 Å². The fraction of sp³-hybridized carbons (Fsp3) is 0.556. The molecule has 0 spiro atoms. The first-order chi connectivity index (χ1) is 7.42. The number of anilines is 1. The predicted octanol–water partition coefficient (Wildman–Crippen LogP) is 1.92. The number of nitrogen functional groups attached to an aromatic ring is 1. The molecule has 1 aromatic rings. The van der Waals surface area contributed by atoms with E-state index in [1.54, 1.807) is 6.92 Å². The van der Waals surface area contributed by atoms with E-state index in [4.69, 9.17) is 33.7 Å². The molecule has 1 fully saturated rings. The molecule has 88 valence electrons. The number of ether oxygens (including phenoxy) is 1. The average Bonchev–Trinajstić information content (AvgIpc) is 2.66. The summed E-state index contributed by atoms with van der Waals surface area (Å²) in [4.78, 5) is 11.6. The van der Waals surface area contributed by atoms with Crippen LogP contribution in [0.1, 0.15) is 22.5 Å². The summed E-state index contributed by atoms with van der Waals surface area (Å²) >= 11 is 11.6. The number of hydrogen-bond acceptors (Lipinski definition) is 5. The Labute approximate surface area is 102 Å². The summed E-state index contributed by atoms with van der Waals surface area (Å²) in [6.07, 6.45) is 0.626. The Hall–Kier alpha value is -0.940. The minimum Gasteiger partial charge on any atom is -0.461 e. The van der Waals surface area contributed by atoms with Crippen molar-refractivity contribution in [2.24, 2.45) is 5.92 Å². The molecule has 1 aliphatic carbocycles. The highest BCUT2D eigenvalue weighted by molar-refractivity contribution is 6.50. The van der Waals surface area contributed by atoms with Crippen LogP contribution in [0.4, 0.5) is 5.88 Å². The third-order valence-electron chi connectivity index (χ3n) is 2.46. The molecule has 2 rings (SSSR count). The van der Waals surface area contributed by atoms with Gasteiger partial charge in [-0.1, -0.05) is 5.16 Å². The lowest BCUT2D eigenvalue weighted by Gasteiger charge is -2.03. The highest BCUT2D eigenvalue weighted by atomic mass is 35.5. The van der Waals surface area contributed by atoms with Crippen LogP contribution in [0.25, 0.3) is 0 Å². The Kier molecular flexibility index (Phi) is 2.75. The van der Waals surface area contributed by atoms with Crippen molar-refractivity contribution in [3.63, 3.8) is 0 Å². The van der Waals surface area contributed by atoms with Crippen molar-refractivity contribution >= 4 is 35.1 Å². The molecule has 0 saturated heterocycles. The fourth-order valence-corrected chi connectivity index (χ4v) is 1.83. The number of hydrogen-bond donors (Lipinski definition) is 1. The van der Waals surface area contributed by atoms with E-state index in [9.17, 15) is 4.79 Å². The summed E-state index contributed by atoms with van der Waals surface area (Å²) in [6.45, 7) is 1.79. The number of nitrogens with two attached hydrogens (primary N) is 1. The van der Waals surface area contributed by atoms with Crippen LogP contribution in [-0.4, -0.2) is 22.1 Å². The number of aryl methyl sites for hydroxylation is 1. The zero-order valence-corrected chi connectivity index (χ0v) is 10.0. The standard InChI is InChI=1S/C9H10Cl2N2O3/c1-4-6(7(12)16-13-4)8(14)15-3-5-2-9(5,10)11/h5H,2-3,12H2,1H3. The molecule has 1 aromatic heterocycles. The molecule has 1 saturated carbocycles. The maximum atomic E-state index is 11.6. The van der Waals surface area contributed by atoms with Gasteiger partial charge in [0.05, 0.1) is 12.3 Å². The van der Waals surface area contributed by atoms with Gasteiger partial charge in [-0.3, -0.25) is 0 Å². The predicted molar refractivity (Wildman–Crippen MR) is 58.5 cm³/mol. The third kappa shape index (κ3) is 2.10. The van der Waals surface area contributed by atoms with Crippen molar-refractivity contribution in [1.29, 1.82) is 0 Å². The average molecular weight is 265 g/mol. The van der Waals surface area contributed by atoms with E-state index in [1.807, 2.05) is 0 Å². The van der Waals surface area contributed by atoms with Crippen LogP contribution in [0.2, 0.25) is 0 Å². The van der Waals surface area contributed by atoms with Crippen LogP contribution in [0, 0.1) is 12.8 Å². The first-order valence-corrected chi connectivity index (χ1v) is 5.44. The second kappa shape index (κ2) is 3.82. The number of aromatic nitrogens is 1. The van der Waals surface area contributed by atoms with Gasteiger partial charge in [-0.2, -0.15) is 0 Å². The third-order valence-corrected chi connectivity index (χ3v) is 3.39. The number of nitrogens with zero attached hydrogens (tertiary/aromatic N) is 1. The number of halogens is 2. The molecule has 0 aliphatic heterocycles. The maximum Gasteiger partial charge on any atom is 0.345 e. The Balaban J connectivity index is 1.94. The van der Waals surface area contributed by atoms with Gasteiger partial charge in [-0.25, -0.2) is 4.79 Å². The van der Waals surface area contributed by atoms with Gasteiger partial charge in [0.15, 0.2) is 0 Å². The SMILES string of the molecule is Cc1noc(N)c1C(=O)OCC1CC1(Cl)Cl. The first-order valence-electron chi connectivity index (χ1n) is 4.68. The molecular formula is C9H10Cl2N2O3. The van der Waals surface area contributed by atoms with Gasteiger partial charge in [0.2, 0.25) is 5.88 Å². The normalized spacial score (nSPS) is 21.8. The Morgan fingerprint density at radius 1 is 1.75 bits per heavy atom. The van der Waals surface area contributed by atoms with Crippen molar-refractivity contribution in [2.75, 3.05) is 12.3 Å². The monoisotopic (exact) mass is 264 g/mol. The topological polar surface area (TPSA) is 78.4 Å². The summed E-state index contributed by atoms with van der Waals surface area (Å²) < 4.78 is 8.92. The smallest absolute Gasteiger partial charge is 0.345 e. The number of esters is 1. The zero-order valence-electron chi connectivity index (χ0n) is 8.50. The van der Waals surface area contributed by atoms with Crippen molar-refractivity contribution in [1.82, 2.24) is 5.16 Å². The van der Waals surface area contributed by atoms with Crippen LogP contribution >= 0.6 is 23.2 Å². The van der Waals surface area contributed by atoms with Gasteiger partial charge in [0.25, 0.3) is 0 Å². The van der Waals surface area contributed by atoms with Crippen LogP contribution in [0.5, 0.6) is 0 Å². The van der Waals surface area contributed by atoms with Crippen molar-refractivity contribution < 1.29 is 14.1 Å². The van der Waals surface area contributed by atoms with Gasteiger partial charge >= 0.3 is 5.97 Å². The summed E-state index contributed by atoms with van der Waals surface area (Å²) in [6, 6.07) is 0. The molecule has 16 heavy (non-hydrogen) atoms. The lowest BCUT2D eigenvalue weighted by molar-refractivity contribution is 0.0485. The minimum absolute atomic E-state index is 0.0128. The van der Waals surface area contributed by atoms with Gasteiger partial charge in [-0.05, 0) is 13.3 Å². The van der Waals surface area contributed by atoms with Crippen LogP contribution < -0.4 is 5.73 Å². The summed E-state index contributed by atoms with van der Waals surface area (Å²) in [7, 11) is 0. The minimum atomic E-state index is -0.754. The molecule has 1 atom stereocenters. The molecule has 2 N–H and O–H groups in total. The molecule has 0 aromatic carbocycles. The molecule has 1 aliphatic rings. The highest BCUT2D eigenvalue weighted by Crippen LogP contribution is 2.53. The van der Waals surface area contributed by atoms with E-state index < -0.39 is 10.3 Å². The highest BCUT2D eigenvalue weighted by Gasteiger charge is 2.52. The summed E-state index contributed by atoms with van der Waals surface area (Å²) in [5.41, 5.74) is 6.00. The molecule has 7 heteroatoms. The second-order valence-electron chi connectivity index (χ2n) is 3.77. The van der Waals surface area contributed by atoms with E-state index in [0.717, 1.165) is 0 Å². The van der Waals surface area contributed by atoms with Gasteiger partial charge in [0, 0.05) is 5.92 Å². The van der Waals surface area contributed by atoms with E-state index in [-0.39, 0.29) is 24.0 Å². The lowest BCUT2D eigenvalue weighted by Crippen LogP contribution is -2.11. The molecular weight excluding hydrogens is 255 g/mol. The first kappa shape index (κ1) is 11.5. The Bertz CT molecular complexity index is 411. The van der Waals surface area contributed by atoms with E-state index in [0.29, 0.717) is 12.1 Å². The molecule has 1 heterocycles. The van der Waals surface area contributed by atoms with Crippen molar-refractivity contribution in [3.05, 3.63) is 11.3 Å². The van der Waals surface area contributed by atoms with Crippen LogP contribution in [0.3, 0.4) is 0 Å². The quantitative estimate of drug-likeness (QED) is 0.667. The summed E-state index contributed by atoms with van der Waals surface area (Å²) in [5, 5.41) is 3.56. The molecule has 0 radical (unpaired) electrons. The zero-order chi connectivity index (χ0) is 11.9. The summed E-state index contributed by atoms with van der Waals surface area (Å²) in [5.74, 6) is -0.616. The number of alkyl halides is 2. The van der Waals surface area contributed by atoms with E-state index in [2.05, 4.69) is 9.68 Å². The number of rotatable bonds is 3. The van der Waals surface area contributed by atoms with Gasteiger partial charge < -0.3 is 15.0 Å². The molecule has 0 amide bonds. The molecule has 0 bridgehead atoms. The lowest BCUT2D eigenvalue weighted by atomic mass is 10.2. The van der Waals surface area contributed by atoms with Crippen molar-refractivity contribution in [3.8, 4) is 0 Å². The van der Waals surface area contributed by atoms with Crippen LogP contribution in [0.15, 0.2) is 4.52 Å². The van der Waals surface area contributed by atoms with Crippen LogP contribution in [-0.2, 0) is 4.74 Å². The Morgan fingerprint density at radius 3 is 2.81 bits per heavy atom. The number of carbonyl (C=O) groups excluding carboxylic acids is 1. The second-order valence-corrected chi connectivity index (χ2v) is 5.31. The number of carbonyl (C=O) groups is 1. The fourth-order valence-electron chi connectivity index (χ4n) is 1.33. The Morgan fingerprint density at radius 2 is 2.38 bits per heavy atom. The molecule has 5 nitrogen and oxygen atoms in total. The maximum absolute atomic E-state index is 11.6. The van der Waals surface area contributed by atoms with E-state index >= 15 is 0 Å².